The molecular weight excluding hydrogens is 574 g/mol. The monoisotopic (exact) mass is 613 g/mol. The smallest absolute Gasteiger partial charge is 0.335 e. The van der Waals surface area contributed by atoms with Crippen LogP contribution in [0, 0.1) is 5.92 Å². The van der Waals surface area contributed by atoms with Crippen molar-refractivity contribution in [3.05, 3.63) is 114 Å². The van der Waals surface area contributed by atoms with Gasteiger partial charge in [-0.2, -0.15) is 0 Å². The molecule has 1 amide bonds. The number of carbonyl (C=O) groups is 3. The number of carbonyl (C=O) groups excluding carboxylic acids is 2. The van der Waals surface area contributed by atoms with Gasteiger partial charge in [0.2, 0.25) is 5.91 Å². The largest absolute Gasteiger partial charge is 0.497 e. The van der Waals surface area contributed by atoms with E-state index >= 15 is 0 Å². The van der Waals surface area contributed by atoms with Gasteiger partial charge in [-0.15, -0.1) is 12.6 Å². The number of aromatic amines is 1. The third-order valence-electron chi connectivity index (χ3n) is 7.78. The van der Waals surface area contributed by atoms with Gasteiger partial charge >= 0.3 is 5.97 Å². The number of carboxylic acid groups (broad SMARTS) is 1. The number of allylic oxidation sites excluding steroid dienone is 1. The molecule has 0 saturated heterocycles. The molecule has 1 heterocycles. The molecule has 0 spiro atoms. The summed E-state index contributed by atoms with van der Waals surface area (Å²) in [6.45, 7) is 4.65. The van der Waals surface area contributed by atoms with Crippen molar-refractivity contribution in [1.82, 2.24) is 15.6 Å². The number of thiol groups is 1. The number of hydrogen-bond acceptors (Lipinski definition) is 5. The number of fused-ring (bicyclic) bond motifs is 1. The number of hydrogen-bond donors (Lipinski definition) is 5. The Bertz CT molecular complexity index is 1580. The zero-order chi connectivity index (χ0) is 31.5. The summed E-state index contributed by atoms with van der Waals surface area (Å²) in [5.41, 5.74) is 4.93. The number of benzene rings is 3. The highest BCUT2D eigenvalue weighted by molar-refractivity contribution is 7.96. The second-order valence-electron chi connectivity index (χ2n) is 10.9. The van der Waals surface area contributed by atoms with E-state index in [4.69, 9.17) is 9.84 Å². The fourth-order valence-electron chi connectivity index (χ4n) is 5.29. The molecule has 1 unspecified atom stereocenters. The summed E-state index contributed by atoms with van der Waals surface area (Å²) in [5.74, 6) is -0.549. The van der Waals surface area contributed by atoms with Gasteiger partial charge in [-0.25, -0.2) is 4.79 Å². The van der Waals surface area contributed by atoms with E-state index in [9.17, 15) is 14.4 Å². The SMILES string of the molecule is C=C(N[C@@H](Cc1c[nH]c2ccccc12)C(=O)NCCc1ccc(C(=O)O)cc1)C(CCCc1ccc(OC)cc1)CC(=O)S. The van der Waals surface area contributed by atoms with Crippen molar-refractivity contribution >= 4 is 40.5 Å². The van der Waals surface area contributed by atoms with Crippen molar-refractivity contribution in [2.75, 3.05) is 13.7 Å². The Balaban J connectivity index is 1.43. The van der Waals surface area contributed by atoms with Gasteiger partial charge in [0.1, 0.15) is 11.8 Å². The zero-order valence-corrected chi connectivity index (χ0v) is 25.7. The number of H-pyrrole nitrogens is 1. The third kappa shape index (κ3) is 9.25. The van der Waals surface area contributed by atoms with Crippen LogP contribution in [0.3, 0.4) is 0 Å². The van der Waals surface area contributed by atoms with E-state index in [-0.39, 0.29) is 28.9 Å². The minimum atomic E-state index is -0.977. The van der Waals surface area contributed by atoms with Crippen LogP contribution in [0.4, 0.5) is 0 Å². The van der Waals surface area contributed by atoms with E-state index in [0.717, 1.165) is 40.6 Å². The normalized spacial score (nSPS) is 12.3. The summed E-state index contributed by atoms with van der Waals surface area (Å²) in [6, 6.07) is 21.9. The number of aryl methyl sites for hydroxylation is 1. The molecule has 0 aliphatic carbocycles. The fourth-order valence-corrected chi connectivity index (χ4v) is 5.51. The Morgan fingerprint density at radius 2 is 1.66 bits per heavy atom. The highest BCUT2D eigenvalue weighted by atomic mass is 32.1. The third-order valence-corrected chi connectivity index (χ3v) is 7.96. The van der Waals surface area contributed by atoms with E-state index in [2.05, 4.69) is 34.8 Å². The number of para-hydroxylation sites is 1. The lowest BCUT2D eigenvalue weighted by Gasteiger charge is -2.26. The van der Waals surface area contributed by atoms with Crippen molar-refractivity contribution in [2.24, 2.45) is 5.92 Å². The second kappa shape index (κ2) is 15.8. The van der Waals surface area contributed by atoms with Crippen LogP contribution in [0.1, 0.15) is 46.3 Å². The van der Waals surface area contributed by atoms with Crippen LogP contribution in [0.15, 0.2) is 91.3 Å². The highest BCUT2D eigenvalue weighted by Gasteiger charge is 2.24. The van der Waals surface area contributed by atoms with Gasteiger partial charge in [-0.1, -0.05) is 49.0 Å². The first-order valence-corrected chi connectivity index (χ1v) is 15.1. The zero-order valence-electron chi connectivity index (χ0n) is 24.8. The Morgan fingerprint density at radius 3 is 2.34 bits per heavy atom. The van der Waals surface area contributed by atoms with Crippen molar-refractivity contribution in [2.45, 2.75) is 44.6 Å². The number of aromatic nitrogens is 1. The van der Waals surface area contributed by atoms with E-state index in [0.29, 0.717) is 31.5 Å². The Hall–Kier alpha value is -4.50. The minimum Gasteiger partial charge on any atom is -0.497 e. The Labute approximate surface area is 263 Å². The summed E-state index contributed by atoms with van der Waals surface area (Å²) in [7, 11) is 1.64. The molecule has 0 aliphatic rings. The number of rotatable bonds is 17. The first kappa shape index (κ1) is 32.4. The van der Waals surface area contributed by atoms with Crippen LogP contribution in [0.2, 0.25) is 0 Å². The molecule has 4 N–H and O–H groups in total. The van der Waals surface area contributed by atoms with Crippen molar-refractivity contribution in [3.63, 3.8) is 0 Å². The molecule has 3 aromatic carbocycles. The summed E-state index contributed by atoms with van der Waals surface area (Å²) in [5, 5.41) is 16.3. The highest BCUT2D eigenvalue weighted by Crippen LogP contribution is 2.24. The second-order valence-corrected chi connectivity index (χ2v) is 11.4. The molecule has 0 fully saturated rings. The summed E-state index contributed by atoms with van der Waals surface area (Å²) in [4.78, 5) is 40.1. The summed E-state index contributed by atoms with van der Waals surface area (Å²) >= 11 is 4.05. The van der Waals surface area contributed by atoms with E-state index in [1.54, 1.807) is 31.4 Å². The Morgan fingerprint density at radius 1 is 0.977 bits per heavy atom. The molecule has 0 bridgehead atoms. The number of ether oxygens (including phenoxy) is 1. The molecule has 44 heavy (non-hydrogen) atoms. The lowest BCUT2D eigenvalue weighted by Crippen LogP contribution is -2.46. The lowest BCUT2D eigenvalue weighted by molar-refractivity contribution is -0.122. The molecule has 0 saturated carbocycles. The quantitative estimate of drug-likeness (QED) is 0.0970. The maximum atomic E-state index is 13.6. The van der Waals surface area contributed by atoms with Gasteiger partial charge in [0.25, 0.3) is 0 Å². The van der Waals surface area contributed by atoms with Gasteiger partial charge in [-0.05, 0) is 72.7 Å². The summed E-state index contributed by atoms with van der Waals surface area (Å²) in [6.07, 6.45) is 5.47. The average molecular weight is 614 g/mol. The van der Waals surface area contributed by atoms with Gasteiger partial charge in [-0.3, -0.25) is 9.59 Å². The van der Waals surface area contributed by atoms with Crippen molar-refractivity contribution < 1.29 is 24.2 Å². The van der Waals surface area contributed by atoms with E-state index in [1.807, 2.05) is 54.7 Å². The number of carboxylic acids is 1. The molecule has 9 heteroatoms. The molecule has 1 aromatic heterocycles. The maximum Gasteiger partial charge on any atom is 0.335 e. The van der Waals surface area contributed by atoms with Crippen LogP contribution in [0.25, 0.3) is 10.9 Å². The average Bonchev–Trinajstić information content (AvgIpc) is 3.43. The van der Waals surface area contributed by atoms with E-state index < -0.39 is 12.0 Å². The van der Waals surface area contributed by atoms with Gasteiger partial charge in [0.05, 0.1) is 12.7 Å². The van der Waals surface area contributed by atoms with Crippen LogP contribution < -0.4 is 15.4 Å². The molecule has 4 rings (SSSR count). The molecule has 2 atom stereocenters. The minimum absolute atomic E-state index is 0.187. The molecular formula is C35H39N3O5S. The molecule has 8 nitrogen and oxygen atoms in total. The maximum absolute atomic E-state index is 13.6. The lowest BCUT2D eigenvalue weighted by atomic mass is 9.93. The van der Waals surface area contributed by atoms with Crippen LogP contribution in [-0.2, 0) is 28.9 Å². The van der Waals surface area contributed by atoms with Crippen LogP contribution in [-0.4, -0.2) is 46.8 Å². The van der Waals surface area contributed by atoms with Crippen molar-refractivity contribution in [1.29, 1.82) is 0 Å². The molecule has 4 aromatic rings. The van der Waals surface area contributed by atoms with Crippen molar-refractivity contribution in [3.8, 4) is 5.75 Å². The first-order valence-electron chi connectivity index (χ1n) is 14.7. The fraction of sp³-hybridized carbons (Fsp3) is 0.286. The van der Waals surface area contributed by atoms with E-state index in [1.165, 1.54) is 5.56 Å². The van der Waals surface area contributed by atoms with Gasteiger partial charge in [0, 0.05) is 48.1 Å². The van der Waals surface area contributed by atoms with Crippen LogP contribution >= 0.6 is 12.6 Å². The number of nitrogens with one attached hydrogen (secondary N) is 3. The van der Waals surface area contributed by atoms with Gasteiger partial charge < -0.3 is 25.5 Å². The molecule has 0 aliphatic heterocycles. The summed E-state index contributed by atoms with van der Waals surface area (Å²) < 4.78 is 5.24. The molecule has 0 radical (unpaired) electrons. The first-order chi connectivity index (χ1) is 21.2. The topological polar surface area (TPSA) is 121 Å². The predicted octanol–water partition coefficient (Wildman–Crippen LogP) is 5.73. The van der Waals surface area contributed by atoms with Gasteiger partial charge in [0.15, 0.2) is 5.12 Å². The standard InChI is InChI=1S/C35H39N3O5S/c1-23(27(21-33(39)44)7-5-6-24-12-16-29(43-2)17-13-24)38-32(20-28-22-37-31-9-4-3-8-30(28)31)34(40)36-19-18-25-10-14-26(15-11-25)35(41)42/h3-4,8-17,22,27,32,37-38H,1,5-7,18-21H2,2H3,(H,36,40)(H,39,44)(H,41,42)/t27?,32-/m0/s1. The number of amides is 1. The number of aromatic carboxylic acids is 1. The Kier molecular flexibility index (Phi) is 11.7. The number of methoxy groups -OCH3 is 1. The molecule has 230 valence electrons. The van der Waals surface area contributed by atoms with Crippen LogP contribution in [0.5, 0.6) is 5.75 Å². The predicted molar refractivity (Wildman–Crippen MR) is 176 cm³/mol.